The molecule has 2 aromatic rings. The Labute approximate surface area is 126 Å². The van der Waals surface area contributed by atoms with Crippen LogP contribution in [0.1, 0.15) is 12.0 Å². The number of pyridine rings is 1. The van der Waals surface area contributed by atoms with Crippen molar-refractivity contribution in [2.75, 3.05) is 13.2 Å². The molecule has 0 saturated carbocycles. The largest absolute Gasteiger partial charge is 0.493 e. The van der Waals surface area contributed by atoms with Crippen molar-refractivity contribution in [1.82, 2.24) is 4.98 Å². The Bertz CT molecular complexity index is 611. The van der Waals surface area contributed by atoms with Gasteiger partial charge in [0.2, 0.25) is 0 Å². The summed E-state index contributed by atoms with van der Waals surface area (Å²) in [5, 5.41) is 8.78. The van der Waals surface area contributed by atoms with Crippen molar-refractivity contribution in [3.05, 3.63) is 52.8 Å². The molecule has 0 unspecified atom stereocenters. The molecule has 1 aromatic heterocycles. The van der Waals surface area contributed by atoms with Crippen LogP contribution in [0.25, 0.3) is 0 Å². The van der Waals surface area contributed by atoms with E-state index in [2.05, 4.69) is 27.0 Å². The van der Waals surface area contributed by atoms with E-state index in [4.69, 9.17) is 14.7 Å². The van der Waals surface area contributed by atoms with Crippen molar-refractivity contribution < 1.29 is 9.47 Å². The van der Waals surface area contributed by atoms with Gasteiger partial charge in [-0.3, -0.25) is 4.98 Å². The SMILES string of the molecule is N#Cc1cccc(OCCCOc2cncc(Br)c2)c1. The summed E-state index contributed by atoms with van der Waals surface area (Å²) in [5.41, 5.74) is 0.596. The highest BCUT2D eigenvalue weighted by Gasteiger charge is 1.98. The molecule has 0 aliphatic carbocycles. The van der Waals surface area contributed by atoms with Gasteiger partial charge in [-0.2, -0.15) is 5.26 Å². The van der Waals surface area contributed by atoms with Crippen LogP contribution in [-0.4, -0.2) is 18.2 Å². The molecule has 0 N–H and O–H groups in total. The van der Waals surface area contributed by atoms with Gasteiger partial charge in [0.15, 0.2) is 0 Å². The first-order valence-electron chi connectivity index (χ1n) is 6.14. The highest BCUT2D eigenvalue weighted by molar-refractivity contribution is 9.10. The van der Waals surface area contributed by atoms with Gasteiger partial charge >= 0.3 is 0 Å². The standard InChI is InChI=1S/C15H13BrN2O2/c16-13-8-15(11-18-10-13)20-6-2-5-19-14-4-1-3-12(7-14)9-17/h1,3-4,7-8,10-11H,2,5-6H2. The lowest BCUT2D eigenvalue weighted by molar-refractivity contribution is 0.247. The van der Waals surface area contributed by atoms with Crippen LogP contribution >= 0.6 is 15.9 Å². The summed E-state index contributed by atoms with van der Waals surface area (Å²) in [6, 6.07) is 11.0. The van der Waals surface area contributed by atoms with Crippen molar-refractivity contribution in [2.45, 2.75) is 6.42 Å². The second-order valence-corrected chi connectivity index (χ2v) is 4.94. The van der Waals surface area contributed by atoms with Crippen molar-refractivity contribution >= 4 is 15.9 Å². The lowest BCUT2D eigenvalue weighted by atomic mass is 10.2. The fraction of sp³-hybridized carbons (Fsp3) is 0.200. The van der Waals surface area contributed by atoms with Crippen LogP contribution in [0.15, 0.2) is 47.2 Å². The van der Waals surface area contributed by atoms with Crippen LogP contribution in [0.4, 0.5) is 0 Å². The Balaban J connectivity index is 1.70. The van der Waals surface area contributed by atoms with Crippen molar-refractivity contribution in [1.29, 1.82) is 5.26 Å². The molecule has 0 saturated heterocycles. The molecule has 0 atom stereocenters. The number of halogens is 1. The zero-order valence-electron chi connectivity index (χ0n) is 10.8. The first-order valence-corrected chi connectivity index (χ1v) is 6.93. The smallest absolute Gasteiger partial charge is 0.138 e. The van der Waals surface area contributed by atoms with Crippen molar-refractivity contribution in [2.24, 2.45) is 0 Å². The van der Waals surface area contributed by atoms with Crippen LogP contribution < -0.4 is 9.47 Å². The third-order valence-corrected chi connectivity index (χ3v) is 2.90. The molecule has 2 rings (SSSR count). The molecular weight excluding hydrogens is 320 g/mol. The van der Waals surface area contributed by atoms with E-state index >= 15 is 0 Å². The summed E-state index contributed by atoms with van der Waals surface area (Å²) in [4.78, 5) is 4.02. The fourth-order valence-electron chi connectivity index (χ4n) is 1.57. The van der Waals surface area contributed by atoms with Gasteiger partial charge < -0.3 is 9.47 Å². The summed E-state index contributed by atoms with van der Waals surface area (Å²) in [7, 11) is 0. The first-order chi connectivity index (χ1) is 9.78. The molecule has 102 valence electrons. The van der Waals surface area contributed by atoms with E-state index in [-0.39, 0.29) is 0 Å². The topological polar surface area (TPSA) is 55.1 Å². The fourth-order valence-corrected chi connectivity index (χ4v) is 1.91. The van der Waals surface area contributed by atoms with Crippen LogP contribution in [0.2, 0.25) is 0 Å². The second-order valence-electron chi connectivity index (χ2n) is 4.03. The normalized spacial score (nSPS) is 9.80. The van der Waals surface area contributed by atoms with Crippen molar-refractivity contribution in [3.8, 4) is 17.6 Å². The summed E-state index contributed by atoms with van der Waals surface area (Å²) in [5.74, 6) is 1.43. The zero-order valence-corrected chi connectivity index (χ0v) is 12.3. The number of nitrogens with zero attached hydrogens (tertiary/aromatic N) is 2. The molecular formula is C15H13BrN2O2. The molecule has 5 heteroatoms. The molecule has 0 aliphatic heterocycles. The molecule has 4 nitrogen and oxygen atoms in total. The number of rotatable bonds is 6. The Morgan fingerprint density at radius 2 is 1.90 bits per heavy atom. The molecule has 0 amide bonds. The van der Waals surface area contributed by atoms with Crippen LogP contribution in [0.5, 0.6) is 11.5 Å². The van der Waals surface area contributed by atoms with Gasteiger partial charge in [-0.15, -0.1) is 0 Å². The van der Waals surface area contributed by atoms with Gasteiger partial charge in [-0.1, -0.05) is 6.07 Å². The summed E-state index contributed by atoms with van der Waals surface area (Å²) in [6.45, 7) is 1.09. The summed E-state index contributed by atoms with van der Waals surface area (Å²) in [6.07, 6.45) is 4.13. The average Bonchev–Trinajstić information content (AvgIpc) is 2.47. The predicted octanol–water partition coefficient (Wildman–Crippen LogP) is 3.56. The molecule has 1 aromatic carbocycles. The minimum absolute atomic E-state index is 0.538. The molecule has 20 heavy (non-hydrogen) atoms. The molecule has 1 heterocycles. The van der Waals surface area contributed by atoms with Crippen LogP contribution in [0.3, 0.4) is 0 Å². The zero-order chi connectivity index (χ0) is 14.2. The highest BCUT2D eigenvalue weighted by atomic mass is 79.9. The Morgan fingerprint density at radius 3 is 2.65 bits per heavy atom. The molecule has 0 bridgehead atoms. The maximum absolute atomic E-state index is 8.78. The molecule has 0 spiro atoms. The second kappa shape index (κ2) is 7.51. The monoisotopic (exact) mass is 332 g/mol. The maximum Gasteiger partial charge on any atom is 0.138 e. The summed E-state index contributed by atoms with van der Waals surface area (Å²) < 4.78 is 12.0. The van der Waals surface area contributed by atoms with Gasteiger partial charge in [0.05, 0.1) is 31.0 Å². The minimum Gasteiger partial charge on any atom is -0.493 e. The number of hydrogen-bond acceptors (Lipinski definition) is 4. The minimum atomic E-state index is 0.538. The van der Waals surface area contributed by atoms with E-state index in [1.54, 1.807) is 30.6 Å². The number of ether oxygens (including phenoxy) is 2. The highest BCUT2D eigenvalue weighted by Crippen LogP contribution is 2.16. The van der Waals surface area contributed by atoms with Gasteiger partial charge in [0.1, 0.15) is 11.5 Å². The third kappa shape index (κ3) is 4.56. The Kier molecular flexibility index (Phi) is 5.39. The lowest BCUT2D eigenvalue weighted by Crippen LogP contribution is -2.05. The van der Waals surface area contributed by atoms with E-state index in [1.807, 2.05) is 12.1 Å². The van der Waals surface area contributed by atoms with Gasteiger partial charge in [-0.25, -0.2) is 0 Å². The van der Waals surface area contributed by atoms with E-state index in [0.29, 0.717) is 24.5 Å². The number of nitriles is 1. The molecule has 0 aliphatic rings. The maximum atomic E-state index is 8.78. The van der Waals surface area contributed by atoms with Crippen LogP contribution in [0, 0.1) is 11.3 Å². The van der Waals surface area contributed by atoms with E-state index < -0.39 is 0 Å². The first kappa shape index (κ1) is 14.4. The van der Waals surface area contributed by atoms with E-state index in [9.17, 15) is 0 Å². The Hall–Kier alpha value is -2.06. The van der Waals surface area contributed by atoms with Gasteiger partial charge in [0, 0.05) is 17.1 Å². The number of benzene rings is 1. The van der Waals surface area contributed by atoms with E-state index in [1.165, 1.54) is 0 Å². The van der Waals surface area contributed by atoms with Crippen molar-refractivity contribution in [3.63, 3.8) is 0 Å². The molecule has 0 fully saturated rings. The third-order valence-electron chi connectivity index (χ3n) is 2.47. The quantitative estimate of drug-likeness (QED) is 0.759. The van der Waals surface area contributed by atoms with E-state index in [0.717, 1.165) is 16.6 Å². The van der Waals surface area contributed by atoms with Gasteiger partial charge in [0.25, 0.3) is 0 Å². The average molecular weight is 333 g/mol. The number of aromatic nitrogens is 1. The predicted molar refractivity (Wildman–Crippen MR) is 78.7 cm³/mol. The van der Waals surface area contributed by atoms with Crippen LogP contribution in [-0.2, 0) is 0 Å². The molecule has 0 radical (unpaired) electrons. The Morgan fingerprint density at radius 1 is 1.10 bits per heavy atom. The lowest BCUT2D eigenvalue weighted by Gasteiger charge is -2.08. The number of hydrogen-bond donors (Lipinski definition) is 0. The summed E-state index contributed by atoms with van der Waals surface area (Å²) >= 11 is 3.34. The van der Waals surface area contributed by atoms with Gasteiger partial charge in [-0.05, 0) is 40.2 Å².